The lowest BCUT2D eigenvalue weighted by Gasteiger charge is -2.14. The zero-order valence-electron chi connectivity index (χ0n) is 10.8. The number of rotatable bonds is 1. The first-order valence-corrected chi connectivity index (χ1v) is 5.65. The second-order valence-electron chi connectivity index (χ2n) is 4.02. The summed E-state index contributed by atoms with van der Waals surface area (Å²) >= 11 is 0. The van der Waals surface area contributed by atoms with Crippen LogP contribution in [-0.2, 0) is 12.7 Å². The van der Waals surface area contributed by atoms with Gasteiger partial charge in [-0.15, -0.1) is 0 Å². The number of aryl methyl sites for hydroxylation is 2. The number of alkyl halides is 3. The number of benzene rings is 1. The molecule has 0 saturated carbocycles. The van der Waals surface area contributed by atoms with Crippen molar-refractivity contribution in [2.75, 3.05) is 0 Å². The molecule has 0 unspecified atom stereocenters. The molecule has 0 fully saturated rings. The van der Waals surface area contributed by atoms with Gasteiger partial charge in [-0.05, 0) is 31.0 Å². The fraction of sp³-hybridized carbons (Fsp3) is 0.538. The molecule has 0 aliphatic carbocycles. The van der Waals surface area contributed by atoms with E-state index >= 15 is 0 Å². The first-order valence-electron chi connectivity index (χ1n) is 5.65. The van der Waals surface area contributed by atoms with Crippen molar-refractivity contribution in [1.82, 2.24) is 0 Å². The van der Waals surface area contributed by atoms with E-state index in [1.54, 1.807) is 19.9 Å². The van der Waals surface area contributed by atoms with Crippen molar-refractivity contribution in [2.24, 2.45) is 5.73 Å². The lowest BCUT2D eigenvalue weighted by molar-refractivity contribution is -0.138. The summed E-state index contributed by atoms with van der Waals surface area (Å²) in [5.74, 6) is 0. The van der Waals surface area contributed by atoms with Crippen LogP contribution in [0.25, 0.3) is 0 Å². The van der Waals surface area contributed by atoms with Gasteiger partial charge in [0.25, 0.3) is 0 Å². The highest BCUT2D eigenvalue weighted by molar-refractivity contribution is 5.39. The Morgan fingerprint density at radius 2 is 1.59 bits per heavy atom. The van der Waals surface area contributed by atoms with Crippen molar-refractivity contribution >= 4 is 0 Å². The minimum Gasteiger partial charge on any atom is -0.326 e. The van der Waals surface area contributed by atoms with E-state index in [4.69, 9.17) is 5.73 Å². The lowest BCUT2D eigenvalue weighted by atomic mass is 9.98. The van der Waals surface area contributed by atoms with Gasteiger partial charge in [0.1, 0.15) is 0 Å². The van der Waals surface area contributed by atoms with Crippen LogP contribution in [0.5, 0.6) is 0 Å². The number of nitrogens with two attached hydrogens (primary N) is 1. The summed E-state index contributed by atoms with van der Waals surface area (Å²) in [6.07, 6.45) is -3.06. The van der Waals surface area contributed by atoms with Crippen molar-refractivity contribution in [2.45, 2.75) is 46.8 Å². The highest BCUT2D eigenvalue weighted by Crippen LogP contribution is 2.33. The van der Waals surface area contributed by atoms with Crippen LogP contribution < -0.4 is 5.73 Å². The average Bonchev–Trinajstić information content (AvgIpc) is 2.16. The Labute approximate surface area is 101 Å². The summed E-state index contributed by atoms with van der Waals surface area (Å²) in [4.78, 5) is 0. The minimum atomic E-state index is -4.31. The Kier molecular flexibility index (Phi) is 6.24. The van der Waals surface area contributed by atoms with Gasteiger partial charge in [-0.2, -0.15) is 13.2 Å². The molecule has 1 aromatic carbocycles. The van der Waals surface area contributed by atoms with E-state index in [0.717, 1.165) is 6.07 Å². The second-order valence-corrected chi connectivity index (χ2v) is 4.02. The van der Waals surface area contributed by atoms with Gasteiger partial charge in [0.15, 0.2) is 0 Å². The maximum Gasteiger partial charge on any atom is 0.416 e. The highest BCUT2D eigenvalue weighted by atomic mass is 19.4. The summed E-state index contributed by atoms with van der Waals surface area (Å²) in [5.41, 5.74) is 6.07. The summed E-state index contributed by atoms with van der Waals surface area (Å²) in [5, 5.41) is 0. The van der Waals surface area contributed by atoms with Crippen molar-refractivity contribution in [3.8, 4) is 0 Å². The SMILES string of the molecule is CCC.Cc1cc(C)c(CN)c(C(F)(F)F)c1. The topological polar surface area (TPSA) is 26.0 Å². The molecule has 98 valence electrons. The van der Waals surface area contributed by atoms with Gasteiger partial charge in [0.2, 0.25) is 0 Å². The zero-order chi connectivity index (χ0) is 13.6. The summed E-state index contributed by atoms with van der Waals surface area (Å²) in [6.45, 7) is 7.45. The molecular formula is C13H20F3N. The van der Waals surface area contributed by atoms with E-state index in [1.807, 2.05) is 0 Å². The Hall–Kier alpha value is -1.03. The molecule has 0 atom stereocenters. The molecule has 0 aromatic heterocycles. The van der Waals surface area contributed by atoms with Crippen LogP contribution >= 0.6 is 0 Å². The van der Waals surface area contributed by atoms with Crippen molar-refractivity contribution in [3.05, 3.63) is 34.4 Å². The van der Waals surface area contributed by atoms with E-state index in [0.29, 0.717) is 11.1 Å². The van der Waals surface area contributed by atoms with Crippen LogP contribution in [0.1, 0.15) is 42.5 Å². The number of halogens is 3. The van der Waals surface area contributed by atoms with E-state index in [9.17, 15) is 13.2 Å². The van der Waals surface area contributed by atoms with E-state index in [2.05, 4.69) is 13.8 Å². The standard InChI is InChI=1S/C10H12F3N.C3H8/c1-6-3-7(2)8(5-14)9(4-6)10(11,12)13;1-3-2/h3-4H,5,14H2,1-2H3;3H2,1-2H3. The molecule has 17 heavy (non-hydrogen) atoms. The van der Waals surface area contributed by atoms with Gasteiger partial charge < -0.3 is 5.73 Å². The van der Waals surface area contributed by atoms with Crippen LogP contribution in [0.4, 0.5) is 13.2 Å². The number of hydrogen-bond acceptors (Lipinski definition) is 1. The van der Waals surface area contributed by atoms with Crippen LogP contribution in [0.15, 0.2) is 12.1 Å². The highest BCUT2D eigenvalue weighted by Gasteiger charge is 2.33. The van der Waals surface area contributed by atoms with Gasteiger partial charge >= 0.3 is 6.18 Å². The van der Waals surface area contributed by atoms with Crippen molar-refractivity contribution < 1.29 is 13.2 Å². The molecule has 0 heterocycles. The van der Waals surface area contributed by atoms with Crippen LogP contribution in [0.2, 0.25) is 0 Å². The third-order valence-electron chi connectivity index (χ3n) is 2.13. The smallest absolute Gasteiger partial charge is 0.326 e. The van der Waals surface area contributed by atoms with Crippen molar-refractivity contribution in [1.29, 1.82) is 0 Å². The Bertz CT molecular complexity index is 356. The molecule has 0 aliphatic heterocycles. The van der Waals surface area contributed by atoms with Crippen LogP contribution in [-0.4, -0.2) is 0 Å². The first-order chi connectivity index (χ1) is 7.77. The van der Waals surface area contributed by atoms with Gasteiger partial charge in [-0.25, -0.2) is 0 Å². The molecule has 0 saturated heterocycles. The molecule has 1 nitrogen and oxygen atoms in total. The van der Waals surface area contributed by atoms with Crippen LogP contribution in [0.3, 0.4) is 0 Å². The summed E-state index contributed by atoms with van der Waals surface area (Å²) in [7, 11) is 0. The average molecular weight is 247 g/mol. The monoisotopic (exact) mass is 247 g/mol. The minimum absolute atomic E-state index is 0.0824. The third-order valence-corrected chi connectivity index (χ3v) is 2.13. The molecule has 1 rings (SSSR count). The molecule has 4 heteroatoms. The third kappa shape index (κ3) is 4.77. The molecular weight excluding hydrogens is 227 g/mol. The number of hydrogen-bond donors (Lipinski definition) is 1. The van der Waals surface area contributed by atoms with Gasteiger partial charge in [0.05, 0.1) is 5.56 Å². The molecule has 0 bridgehead atoms. The van der Waals surface area contributed by atoms with Crippen LogP contribution in [0, 0.1) is 13.8 Å². The molecule has 0 amide bonds. The van der Waals surface area contributed by atoms with Crippen molar-refractivity contribution in [3.63, 3.8) is 0 Å². The predicted octanol–water partition coefficient (Wildman–Crippen LogP) is 4.20. The second kappa shape index (κ2) is 6.64. The Balaban J connectivity index is 0.000000770. The Morgan fingerprint density at radius 1 is 1.12 bits per heavy atom. The molecule has 1 aromatic rings. The fourth-order valence-electron chi connectivity index (χ4n) is 1.52. The molecule has 0 spiro atoms. The normalized spacial score (nSPS) is 10.8. The van der Waals surface area contributed by atoms with Gasteiger partial charge in [-0.1, -0.05) is 31.9 Å². The summed E-state index contributed by atoms with van der Waals surface area (Å²) in [6, 6.07) is 2.84. The predicted molar refractivity (Wildman–Crippen MR) is 64.8 cm³/mol. The van der Waals surface area contributed by atoms with E-state index < -0.39 is 11.7 Å². The van der Waals surface area contributed by atoms with E-state index in [1.165, 1.54) is 6.42 Å². The fourth-order valence-corrected chi connectivity index (χ4v) is 1.52. The largest absolute Gasteiger partial charge is 0.416 e. The quantitative estimate of drug-likeness (QED) is 0.790. The summed E-state index contributed by atoms with van der Waals surface area (Å²) < 4.78 is 37.6. The lowest BCUT2D eigenvalue weighted by Crippen LogP contribution is -2.13. The van der Waals surface area contributed by atoms with Gasteiger partial charge in [0, 0.05) is 6.54 Å². The molecule has 2 N–H and O–H groups in total. The first kappa shape index (κ1) is 16.0. The molecule has 0 aliphatic rings. The zero-order valence-corrected chi connectivity index (χ0v) is 10.8. The van der Waals surface area contributed by atoms with Gasteiger partial charge in [-0.3, -0.25) is 0 Å². The Morgan fingerprint density at radius 3 is 1.94 bits per heavy atom. The van der Waals surface area contributed by atoms with E-state index in [-0.39, 0.29) is 12.1 Å². The molecule has 0 radical (unpaired) electrons. The maximum atomic E-state index is 12.5. The maximum absolute atomic E-state index is 12.5.